The zero-order chi connectivity index (χ0) is 12.0. The summed E-state index contributed by atoms with van der Waals surface area (Å²) in [5.74, 6) is 0.377. The molecule has 0 atom stereocenters. The molecule has 5 nitrogen and oxygen atoms in total. The maximum Gasteiger partial charge on any atom is 0.186 e. The van der Waals surface area contributed by atoms with Crippen molar-refractivity contribution in [3.05, 3.63) is 24.0 Å². The summed E-state index contributed by atoms with van der Waals surface area (Å²) in [6.45, 7) is 0. The molecule has 0 aliphatic rings. The van der Waals surface area contributed by atoms with E-state index in [-0.39, 0.29) is 5.75 Å². The van der Waals surface area contributed by atoms with Gasteiger partial charge in [-0.15, -0.1) is 0 Å². The lowest BCUT2D eigenvalue weighted by Crippen LogP contribution is -1.87. The standard InChI is InChI=1S/C12H10N2O3/c1-17-12-10-7(2-3-13-10)8-4-6(5-15)14-9(8)11(12)16/h2-5,13-14,16H,1H3. The van der Waals surface area contributed by atoms with Gasteiger partial charge in [0, 0.05) is 17.0 Å². The number of aromatic amines is 2. The molecule has 3 rings (SSSR count). The van der Waals surface area contributed by atoms with Crippen molar-refractivity contribution in [3.8, 4) is 11.5 Å². The molecule has 0 bridgehead atoms. The van der Waals surface area contributed by atoms with Crippen molar-refractivity contribution in [2.75, 3.05) is 7.11 Å². The lowest BCUT2D eigenvalue weighted by atomic mass is 10.1. The van der Waals surface area contributed by atoms with Crippen LogP contribution in [0.1, 0.15) is 10.5 Å². The van der Waals surface area contributed by atoms with Gasteiger partial charge in [0.05, 0.1) is 23.8 Å². The van der Waals surface area contributed by atoms with E-state index in [9.17, 15) is 9.90 Å². The van der Waals surface area contributed by atoms with Crippen LogP contribution in [0.4, 0.5) is 0 Å². The highest BCUT2D eigenvalue weighted by Gasteiger charge is 2.17. The first-order valence-electron chi connectivity index (χ1n) is 5.10. The van der Waals surface area contributed by atoms with Gasteiger partial charge in [0.15, 0.2) is 17.8 Å². The van der Waals surface area contributed by atoms with Gasteiger partial charge in [-0.25, -0.2) is 0 Å². The molecule has 0 radical (unpaired) electrons. The Hall–Kier alpha value is -2.43. The minimum atomic E-state index is 0.00514. The molecule has 0 aliphatic carbocycles. The molecule has 2 heterocycles. The van der Waals surface area contributed by atoms with Gasteiger partial charge >= 0.3 is 0 Å². The number of benzene rings is 1. The summed E-state index contributed by atoms with van der Waals surface area (Å²) < 4.78 is 5.18. The first kappa shape index (κ1) is 9.77. The van der Waals surface area contributed by atoms with Crippen molar-refractivity contribution >= 4 is 28.1 Å². The van der Waals surface area contributed by atoms with Gasteiger partial charge in [-0.3, -0.25) is 4.79 Å². The number of methoxy groups -OCH3 is 1. The lowest BCUT2D eigenvalue weighted by Gasteiger charge is -2.06. The summed E-state index contributed by atoms with van der Waals surface area (Å²) in [7, 11) is 1.49. The van der Waals surface area contributed by atoms with E-state index in [0.717, 1.165) is 10.8 Å². The lowest BCUT2D eigenvalue weighted by molar-refractivity contribution is 0.112. The van der Waals surface area contributed by atoms with Gasteiger partial charge in [-0.1, -0.05) is 0 Å². The fraction of sp³-hybridized carbons (Fsp3) is 0.0833. The van der Waals surface area contributed by atoms with Crippen LogP contribution in [0.5, 0.6) is 11.5 Å². The van der Waals surface area contributed by atoms with Crippen molar-refractivity contribution in [1.29, 1.82) is 0 Å². The SMILES string of the molecule is COc1c(O)c2[nH]c(C=O)cc2c2cc[nH]c12. The number of rotatable bonds is 2. The fourth-order valence-corrected chi connectivity index (χ4v) is 2.15. The smallest absolute Gasteiger partial charge is 0.186 e. The first-order valence-corrected chi connectivity index (χ1v) is 5.10. The number of H-pyrrole nitrogens is 2. The van der Waals surface area contributed by atoms with Crippen molar-refractivity contribution in [1.82, 2.24) is 9.97 Å². The van der Waals surface area contributed by atoms with Gasteiger partial charge in [-0.05, 0) is 12.1 Å². The average Bonchev–Trinajstić information content (AvgIpc) is 2.94. The van der Waals surface area contributed by atoms with Crippen LogP contribution in [-0.2, 0) is 0 Å². The van der Waals surface area contributed by atoms with Crippen molar-refractivity contribution in [3.63, 3.8) is 0 Å². The molecule has 5 heteroatoms. The molecule has 86 valence electrons. The number of carbonyl (C=O) groups excluding carboxylic acids is 1. The maximum atomic E-state index is 10.8. The minimum Gasteiger partial charge on any atom is -0.503 e. The highest BCUT2D eigenvalue weighted by atomic mass is 16.5. The Kier molecular flexibility index (Phi) is 1.89. The molecular weight excluding hydrogens is 220 g/mol. The number of aromatic nitrogens is 2. The highest BCUT2D eigenvalue weighted by molar-refractivity contribution is 6.12. The zero-order valence-electron chi connectivity index (χ0n) is 9.07. The monoisotopic (exact) mass is 230 g/mol. The Balaban J connectivity index is 2.57. The number of hydrogen-bond donors (Lipinski definition) is 3. The molecule has 3 aromatic rings. The third-order valence-corrected chi connectivity index (χ3v) is 2.89. The summed E-state index contributed by atoms with van der Waals surface area (Å²) in [5.41, 5.74) is 1.65. The summed E-state index contributed by atoms with van der Waals surface area (Å²) >= 11 is 0. The summed E-state index contributed by atoms with van der Waals surface area (Å²) in [4.78, 5) is 16.6. The molecule has 3 N–H and O–H groups in total. The van der Waals surface area contributed by atoms with Gasteiger partial charge in [0.2, 0.25) is 0 Å². The Morgan fingerprint density at radius 2 is 2.18 bits per heavy atom. The van der Waals surface area contributed by atoms with Crippen LogP contribution in [0.3, 0.4) is 0 Å². The summed E-state index contributed by atoms with van der Waals surface area (Å²) in [6, 6.07) is 3.58. The average molecular weight is 230 g/mol. The first-order chi connectivity index (χ1) is 8.26. The van der Waals surface area contributed by atoms with Crippen molar-refractivity contribution in [2.45, 2.75) is 0 Å². The molecule has 0 aliphatic heterocycles. The summed E-state index contributed by atoms with van der Waals surface area (Å²) in [5, 5.41) is 11.8. The van der Waals surface area contributed by atoms with Gasteiger partial charge < -0.3 is 19.8 Å². The van der Waals surface area contributed by atoms with Gasteiger partial charge in [-0.2, -0.15) is 0 Å². The van der Waals surface area contributed by atoms with E-state index in [2.05, 4.69) is 9.97 Å². The Labute approximate surface area is 96.0 Å². The number of hydrogen-bond acceptors (Lipinski definition) is 3. The predicted molar refractivity (Wildman–Crippen MR) is 63.8 cm³/mol. The molecule has 2 aromatic heterocycles. The number of ether oxygens (including phenoxy) is 1. The van der Waals surface area contributed by atoms with Crippen molar-refractivity contribution in [2.24, 2.45) is 0 Å². The number of phenols is 1. The number of fused-ring (bicyclic) bond motifs is 3. The Bertz CT molecular complexity index is 724. The van der Waals surface area contributed by atoms with Crippen LogP contribution < -0.4 is 4.74 Å². The van der Waals surface area contributed by atoms with E-state index in [0.29, 0.717) is 28.8 Å². The maximum absolute atomic E-state index is 10.8. The van der Waals surface area contributed by atoms with Gasteiger partial charge in [0.25, 0.3) is 0 Å². The number of aldehydes is 1. The van der Waals surface area contributed by atoms with E-state index in [1.54, 1.807) is 12.3 Å². The topological polar surface area (TPSA) is 78.1 Å². The van der Waals surface area contributed by atoms with Crippen LogP contribution in [0.15, 0.2) is 18.3 Å². The Morgan fingerprint density at radius 3 is 2.88 bits per heavy atom. The van der Waals surface area contributed by atoms with Crippen LogP contribution in [-0.4, -0.2) is 28.5 Å². The second-order valence-electron chi connectivity index (χ2n) is 3.78. The molecule has 0 spiro atoms. The Morgan fingerprint density at radius 1 is 1.35 bits per heavy atom. The molecule has 1 aromatic carbocycles. The van der Waals surface area contributed by atoms with E-state index >= 15 is 0 Å². The second-order valence-corrected chi connectivity index (χ2v) is 3.78. The van der Waals surface area contributed by atoms with Crippen LogP contribution in [0, 0.1) is 0 Å². The van der Waals surface area contributed by atoms with E-state index in [4.69, 9.17) is 4.74 Å². The van der Waals surface area contributed by atoms with Crippen LogP contribution in [0.25, 0.3) is 21.8 Å². The van der Waals surface area contributed by atoms with Crippen molar-refractivity contribution < 1.29 is 14.6 Å². The molecular formula is C12H10N2O3. The normalized spacial score (nSPS) is 11.1. The number of carbonyl (C=O) groups is 1. The largest absolute Gasteiger partial charge is 0.503 e. The van der Waals surface area contributed by atoms with E-state index in [1.165, 1.54) is 7.11 Å². The number of nitrogens with one attached hydrogen (secondary N) is 2. The number of aromatic hydroxyl groups is 1. The fourth-order valence-electron chi connectivity index (χ4n) is 2.15. The van der Waals surface area contributed by atoms with E-state index in [1.807, 2.05) is 6.07 Å². The molecule has 17 heavy (non-hydrogen) atoms. The summed E-state index contributed by atoms with van der Waals surface area (Å²) in [6.07, 6.45) is 2.48. The molecule has 0 saturated heterocycles. The van der Waals surface area contributed by atoms with Crippen LogP contribution in [0.2, 0.25) is 0 Å². The highest BCUT2D eigenvalue weighted by Crippen LogP contribution is 2.41. The van der Waals surface area contributed by atoms with E-state index < -0.39 is 0 Å². The quantitative estimate of drug-likeness (QED) is 0.590. The predicted octanol–water partition coefficient (Wildman–Crippen LogP) is 2.18. The molecule has 0 saturated carbocycles. The molecule has 0 unspecified atom stereocenters. The molecule has 0 amide bonds. The van der Waals surface area contributed by atoms with Gasteiger partial charge in [0.1, 0.15) is 0 Å². The molecule has 0 fully saturated rings. The number of phenolic OH excluding ortho intramolecular Hbond substituents is 1. The third kappa shape index (κ3) is 1.16. The second kappa shape index (κ2) is 3.28. The van der Waals surface area contributed by atoms with Crippen LogP contribution >= 0.6 is 0 Å². The zero-order valence-corrected chi connectivity index (χ0v) is 9.07. The third-order valence-electron chi connectivity index (χ3n) is 2.89. The minimum absolute atomic E-state index is 0.00514.